The minimum absolute atomic E-state index is 0. The van der Waals surface area contributed by atoms with Crippen LogP contribution in [0.1, 0.15) is 36.4 Å². The quantitative estimate of drug-likeness (QED) is 0.407. The molecule has 0 radical (unpaired) electrons. The fraction of sp³-hybridized carbons (Fsp3) is 0.316. The van der Waals surface area contributed by atoms with Gasteiger partial charge in [-0.3, -0.25) is 4.99 Å². The second-order valence-electron chi connectivity index (χ2n) is 6.12. The first-order valence-corrected chi connectivity index (χ1v) is 8.08. The zero-order chi connectivity index (χ0) is 17.1. The lowest BCUT2D eigenvalue weighted by Gasteiger charge is -2.18. The van der Waals surface area contributed by atoms with Crippen LogP contribution in [0.15, 0.2) is 53.5 Å². The summed E-state index contributed by atoms with van der Waals surface area (Å²) < 4.78 is 26.4. The van der Waals surface area contributed by atoms with Crippen molar-refractivity contribution in [2.45, 2.75) is 31.3 Å². The van der Waals surface area contributed by atoms with Crippen molar-refractivity contribution < 1.29 is 8.78 Å². The largest absolute Gasteiger partial charge is 0.353 e. The molecule has 2 aromatic carbocycles. The molecule has 3 nitrogen and oxygen atoms in total. The molecular weight excluding hydrogens is 435 g/mol. The third kappa shape index (κ3) is 4.90. The lowest BCUT2D eigenvalue weighted by atomic mass is 10.1. The predicted molar refractivity (Wildman–Crippen MR) is 107 cm³/mol. The zero-order valence-electron chi connectivity index (χ0n) is 14.2. The number of guanidine groups is 1. The molecule has 1 fully saturated rings. The van der Waals surface area contributed by atoms with Crippen LogP contribution < -0.4 is 10.6 Å². The smallest absolute Gasteiger partial charge is 0.191 e. The maximum atomic E-state index is 13.4. The Hall–Kier alpha value is -1.70. The van der Waals surface area contributed by atoms with Crippen LogP contribution in [0.3, 0.4) is 0 Å². The van der Waals surface area contributed by atoms with Crippen molar-refractivity contribution in [1.29, 1.82) is 0 Å². The van der Waals surface area contributed by atoms with Crippen molar-refractivity contribution in [3.63, 3.8) is 0 Å². The van der Waals surface area contributed by atoms with E-state index in [2.05, 4.69) is 27.8 Å². The first-order valence-electron chi connectivity index (χ1n) is 8.08. The van der Waals surface area contributed by atoms with Crippen LogP contribution in [0.5, 0.6) is 0 Å². The van der Waals surface area contributed by atoms with E-state index < -0.39 is 11.6 Å². The Morgan fingerprint density at radius 3 is 2.48 bits per heavy atom. The number of hydrogen-bond donors (Lipinski definition) is 2. The van der Waals surface area contributed by atoms with Gasteiger partial charge in [0, 0.05) is 19.0 Å². The first-order chi connectivity index (χ1) is 11.6. The molecule has 1 aliphatic carbocycles. The van der Waals surface area contributed by atoms with E-state index in [1.54, 1.807) is 13.1 Å². The number of halogens is 3. The summed E-state index contributed by atoms with van der Waals surface area (Å²) in [5.74, 6) is -0.522. The van der Waals surface area contributed by atoms with E-state index in [-0.39, 0.29) is 30.0 Å². The monoisotopic (exact) mass is 457 g/mol. The van der Waals surface area contributed by atoms with Gasteiger partial charge in [0.15, 0.2) is 17.6 Å². The number of aliphatic imine (C=N–C) groups is 1. The maximum Gasteiger partial charge on any atom is 0.191 e. The van der Waals surface area contributed by atoms with Gasteiger partial charge in [-0.05, 0) is 36.6 Å². The van der Waals surface area contributed by atoms with Gasteiger partial charge >= 0.3 is 0 Å². The lowest BCUT2D eigenvalue weighted by Crippen LogP contribution is -2.40. The summed E-state index contributed by atoms with van der Waals surface area (Å²) in [5.41, 5.74) is 1.99. The van der Waals surface area contributed by atoms with Gasteiger partial charge in [-0.2, -0.15) is 0 Å². The standard InChI is InChI=1S/C19H21F2N3.HI/c1-12(14-8-9-16(20)17(21)10-14)23-19(22-2)24-18-11-15(18)13-6-4-3-5-7-13;/h3-10,12,15,18H,11H2,1-2H3,(H2,22,23,24);1H. The molecule has 0 aliphatic heterocycles. The minimum Gasteiger partial charge on any atom is -0.353 e. The lowest BCUT2D eigenvalue weighted by molar-refractivity contribution is 0.504. The second-order valence-corrected chi connectivity index (χ2v) is 6.12. The first kappa shape index (κ1) is 19.6. The highest BCUT2D eigenvalue weighted by molar-refractivity contribution is 14.0. The fourth-order valence-corrected chi connectivity index (χ4v) is 2.84. The Morgan fingerprint density at radius 1 is 1.12 bits per heavy atom. The highest BCUT2D eigenvalue weighted by atomic mass is 127. The van der Waals surface area contributed by atoms with E-state index in [9.17, 15) is 8.78 Å². The molecule has 0 bridgehead atoms. The molecule has 3 unspecified atom stereocenters. The Bertz CT molecular complexity index is 737. The molecule has 134 valence electrons. The van der Waals surface area contributed by atoms with Crippen LogP contribution in [0.4, 0.5) is 8.78 Å². The van der Waals surface area contributed by atoms with E-state index in [4.69, 9.17) is 0 Å². The molecule has 6 heteroatoms. The van der Waals surface area contributed by atoms with E-state index in [0.29, 0.717) is 23.5 Å². The van der Waals surface area contributed by atoms with Gasteiger partial charge < -0.3 is 10.6 Å². The van der Waals surface area contributed by atoms with Crippen molar-refractivity contribution in [2.75, 3.05) is 7.05 Å². The van der Waals surface area contributed by atoms with Crippen LogP contribution in [0.2, 0.25) is 0 Å². The van der Waals surface area contributed by atoms with Gasteiger partial charge in [-0.1, -0.05) is 36.4 Å². The van der Waals surface area contributed by atoms with Crippen molar-refractivity contribution in [2.24, 2.45) is 4.99 Å². The molecule has 1 saturated carbocycles. The van der Waals surface area contributed by atoms with Gasteiger partial charge in [0.1, 0.15) is 0 Å². The SMILES string of the molecule is CN=C(NC(C)c1ccc(F)c(F)c1)NC1CC1c1ccccc1.I. The zero-order valence-corrected chi connectivity index (χ0v) is 16.5. The van der Waals surface area contributed by atoms with Crippen molar-refractivity contribution in [3.05, 3.63) is 71.3 Å². The third-order valence-corrected chi connectivity index (χ3v) is 4.36. The molecule has 2 aromatic rings. The third-order valence-electron chi connectivity index (χ3n) is 4.36. The molecule has 3 atom stereocenters. The van der Waals surface area contributed by atoms with Gasteiger partial charge in [-0.15, -0.1) is 24.0 Å². The Balaban J connectivity index is 0.00000225. The molecule has 3 rings (SSSR count). The molecule has 0 saturated heterocycles. The van der Waals surface area contributed by atoms with Crippen molar-refractivity contribution in [1.82, 2.24) is 10.6 Å². The highest BCUT2D eigenvalue weighted by Gasteiger charge is 2.38. The van der Waals surface area contributed by atoms with Crippen LogP contribution >= 0.6 is 24.0 Å². The number of rotatable bonds is 4. The van der Waals surface area contributed by atoms with Crippen molar-refractivity contribution >= 4 is 29.9 Å². The average Bonchev–Trinajstić information content (AvgIpc) is 3.36. The summed E-state index contributed by atoms with van der Waals surface area (Å²) in [6.45, 7) is 1.89. The molecule has 1 aliphatic rings. The molecular formula is C19H22F2IN3. The fourth-order valence-electron chi connectivity index (χ4n) is 2.84. The van der Waals surface area contributed by atoms with E-state index in [0.717, 1.165) is 12.5 Å². The Labute approximate surface area is 164 Å². The summed E-state index contributed by atoms with van der Waals surface area (Å²) in [7, 11) is 1.70. The van der Waals surface area contributed by atoms with E-state index in [1.807, 2.05) is 25.1 Å². The van der Waals surface area contributed by atoms with Crippen molar-refractivity contribution in [3.8, 4) is 0 Å². The number of hydrogen-bond acceptors (Lipinski definition) is 1. The summed E-state index contributed by atoms with van der Waals surface area (Å²) in [5, 5.41) is 6.61. The molecule has 0 heterocycles. The van der Waals surface area contributed by atoms with Gasteiger partial charge in [-0.25, -0.2) is 8.78 Å². The predicted octanol–water partition coefficient (Wildman–Crippen LogP) is 4.36. The maximum absolute atomic E-state index is 13.4. The second kappa shape index (κ2) is 8.60. The summed E-state index contributed by atoms with van der Waals surface area (Å²) in [6.07, 6.45) is 1.06. The van der Waals surface area contributed by atoms with E-state index >= 15 is 0 Å². The topological polar surface area (TPSA) is 36.4 Å². The minimum atomic E-state index is -0.838. The number of nitrogens with one attached hydrogen (secondary N) is 2. The summed E-state index contributed by atoms with van der Waals surface area (Å²) in [6, 6.07) is 14.5. The average molecular weight is 457 g/mol. The van der Waals surface area contributed by atoms with Gasteiger partial charge in [0.05, 0.1) is 6.04 Å². The Morgan fingerprint density at radius 2 is 1.84 bits per heavy atom. The van der Waals surface area contributed by atoms with Gasteiger partial charge in [0.25, 0.3) is 0 Å². The summed E-state index contributed by atoms with van der Waals surface area (Å²) in [4.78, 5) is 4.23. The molecule has 0 spiro atoms. The highest BCUT2D eigenvalue weighted by Crippen LogP contribution is 2.40. The molecule has 0 amide bonds. The normalized spacial score (nSPS) is 20.4. The Kier molecular flexibility index (Phi) is 6.75. The van der Waals surface area contributed by atoms with Crippen LogP contribution in [-0.4, -0.2) is 19.0 Å². The molecule has 2 N–H and O–H groups in total. The number of nitrogens with zero attached hydrogens (tertiary/aromatic N) is 1. The van der Waals surface area contributed by atoms with Crippen LogP contribution in [0.25, 0.3) is 0 Å². The number of benzene rings is 2. The van der Waals surface area contributed by atoms with Crippen LogP contribution in [-0.2, 0) is 0 Å². The molecule has 25 heavy (non-hydrogen) atoms. The summed E-state index contributed by atoms with van der Waals surface area (Å²) >= 11 is 0. The van der Waals surface area contributed by atoms with Crippen LogP contribution in [0, 0.1) is 11.6 Å². The molecule has 0 aromatic heterocycles. The van der Waals surface area contributed by atoms with E-state index in [1.165, 1.54) is 11.6 Å². The van der Waals surface area contributed by atoms with Gasteiger partial charge in [0.2, 0.25) is 0 Å².